The fourth-order valence-corrected chi connectivity index (χ4v) is 3.37. The Kier molecular flexibility index (Phi) is 4.57. The number of aromatic nitrogens is 2. The van der Waals surface area contributed by atoms with Crippen LogP contribution in [0.3, 0.4) is 0 Å². The smallest absolute Gasteiger partial charge is 0.215 e. The van der Waals surface area contributed by atoms with Crippen molar-refractivity contribution in [1.29, 1.82) is 0 Å². The zero-order valence-electron chi connectivity index (χ0n) is 14.1. The number of carbonyl (C=O) groups is 1. The van der Waals surface area contributed by atoms with Crippen molar-refractivity contribution in [3.63, 3.8) is 0 Å². The van der Waals surface area contributed by atoms with Crippen molar-refractivity contribution in [2.45, 2.75) is 19.4 Å². The van der Waals surface area contributed by atoms with Crippen LogP contribution < -0.4 is 9.64 Å². The lowest BCUT2D eigenvalue weighted by molar-refractivity contribution is -0.119. The molecule has 1 atom stereocenters. The Hall–Kier alpha value is -2.51. The summed E-state index contributed by atoms with van der Waals surface area (Å²) >= 11 is 3.45. The Balaban J connectivity index is 1.83. The van der Waals surface area contributed by atoms with Crippen LogP contribution in [0.2, 0.25) is 0 Å². The minimum Gasteiger partial charge on any atom is -0.481 e. The van der Waals surface area contributed by atoms with Gasteiger partial charge in [0.25, 0.3) is 0 Å². The van der Waals surface area contributed by atoms with Gasteiger partial charge in [-0.05, 0) is 23.8 Å². The van der Waals surface area contributed by atoms with E-state index in [-0.39, 0.29) is 0 Å². The predicted octanol–water partition coefficient (Wildman–Crippen LogP) is 3.46. The van der Waals surface area contributed by atoms with Crippen molar-refractivity contribution in [1.82, 2.24) is 9.97 Å². The number of halogens is 1. The van der Waals surface area contributed by atoms with Crippen molar-refractivity contribution >= 4 is 38.9 Å². The van der Waals surface area contributed by atoms with Crippen molar-refractivity contribution in [3.05, 3.63) is 58.2 Å². The van der Waals surface area contributed by atoms with Crippen LogP contribution in [0.1, 0.15) is 11.1 Å². The van der Waals surface area contributed by atoms with E-state index in [0.717, 1.165) is 33.0 Å². The summed E-state index contributed by atoms with van der Waals surface area (Å²) in [5, 5.41) is 0.871. The van der Waals surface area contributed by atoms with E-state index < -0.39 is 6.23 Å². The highest BCUT2D eigenvalue weighted by Gasteiger charge is 2.29. The molecule has 132 valence electrons. The molecular formula is C19H16BrN3O3. The number of benzene rings is 1. The molecule has 0 bridgehead atoms. The van der Waals surface area contributed by atoms with Crippen LogP contribution in [0.4, 0.5) is 5.69 Å². The zero-order chi connectivity index (χ0) is 18.1. The highest BCUT2D eigenvalue weighted by molar-refractivity contribution is 9.10. The second-order valence-electron chi connectivity index (χ2n) is 5.95. The van der Waals surface area contributed by atoms with Crippen molar-refractivity contribution in [2.24, 2.45) is 0 Å². The predicted molar refractivity (Wildman–Crippen MR) is 101 cm³/mol. The van der Waals surface area contributed by atoms with Gasteiger partial charge in [0, 0.05) is 34.2 Å². The maximum Gasteiger partial charge on any atom is 0.215 e. The first-order valence-corrected chi connectivity index (χ1v) is 8.89. The lowest BCUT2D eigenvalue weighted by Gasteiger charge is -2.36. The number of carbonyl (C=O) groups excluding carboxylic acids is 1. The Morgan fingerprint density at radius 3 is 2.85 bits per heavy atom. The Morgan fingerprint density at radius 1 is 1.31 bits per heavy atom. The van der Waals surface area contributed by atoms with Gasteiger partial charge in [-0.25, -0.2) is 4.98 Å². The maximum atomic E-state index is 11.6. The van der Waals surface area contributed by atoms with E-state index in [0.29, 0.717) is 24.7 Å². The number of rotatable bonds is 4. The van der Waals surface area contributed by atoms with Crippen LogP contribution in [0.15, 0.2) is 47.1 Å². The van der Waals surface area contributed by atoms with Crippen LogP contribution in [0, 0.1) is 0 Å². The van der Waals surface area contributed by atoms with Gasteiger partial charge in [0.15, 0.2) is 18.2 Å². The summed E-state index contributed by atoms with van der Waals surface area (Å²) in [6.07, 6.45) is 1.92. The number of methoxy groups -OCH3 is 1. The van der Waals surface area contributed by atoms with Crippen LogP contribution in [-0.4, -0.2) is 29.6 Å². The van der Waals surface area contributed by atoms with Gasteiger partial charge in [-0.15, -0.1) is 0 Å². The Morgan fingerprint density at radius 2 is 2.12 bits per heavy atom. The Labute approximate surface area is 158 Å². The van der Waals surface area contributed by atoms with Crippen LogP contribution in [0.25, 0.3) is 11.0 Å². The molecular weight excluding hydrogens is 398 g/mol. The second-order valence-corrected chi connectivity index (χ2v) is 6.86. The molecule has 3 aromatic rings. The van der Waals surface area contributed by atoms with Crippen molar-refractivity contribution in [3.8, 4) is 5.88 Å². The minimum atomic E-state index is -0.654. The minimum absolute atomic E-state index is 0.338. The lowest BCUT2D eigenvalue weighted by atomic mass is 10.1. The van der Waals surface area contributed by atoms with Crippen molar-refractivity contribution < 1.29 is 14.3 Å². The SMILES string of the molecule is COc1ccc2c3c(cnc2n1)COC(C=O)N3Cc1ccc(Br)cc1. The lowest BCUT2D eigenvalue weighted by Crippen LogP contribution is -2.42. The second kappa shape index (κ2) is 7.01. The summed E-state index contributed by atoms with van der Waals surface area (Å²) < 4.78 is 11.9. The first-order chi connectivity index (χ1) is 12.7. The highest BCUT2D eigenvalue weighted by atomic mass is 79.9. The molecule has 2 aromatic heterocycles. The number of hydrogen-bond acceptors (Lipinski definition) is 6. The molecule has 0 saturated heterocycles. The number of aldehydes is 1. The van der Waals surface area contributed by atoms with E-state index in [2.05, 4.69) is 25.9 Å². The molecule has 1 aliphatic heterocycles. The van der Waals surface area contributed by atoms with E-state index in [4.69, 9.17) is 9.47 Å². The largest absolute Gasteiger partial charge is 0.481 e. The van der Waals surface area contributed by atoms with E-state index in [1.165, 1.54) is 0 Å². The monoisotopic (exact) mass is 413 g/mol. The number of nitrogens with zero attached hydrogens (tertiary/aromatic N) is 3. The third-order valence-electron chi connectivity index (χ3n) is 4.35. The first kappa shape index (κ1) is 16.9. The van der Waals surface area contributed by atoms with Crippen LogP contribution in [0.5, 0.6) is 5.88 Å². The molecule has 1 aliphatic rings. The van der Waals surface area contributed by atoms with Gasteiger partial charge in [0.2, 0.25) is 5.88 Å². The van der Waals surface area contributed by atoms with Gasteiger partial charge in [-0.1, -0.05) is 28.1 Å². The van der Waals surface area contributed by atoms with E-state index >= 15 is 0 Å². The normalized spacial score (nSPS) is 16.4. The van der Waals surface area contributed by atoms with Crippen molar-refractivity contribution in [2.75, 3.05) is 12.0 Å². The number of anilines is 1. The quantitative estimate of drug-likeness (QED) is 0.610. The molecule has 0 amide bonds. The van der Waals surface area contributed by atoms with Gasteiger partial charge in [0.1, 0.15) is 0 Å². The molecule has 0 spiro atoms. The third kappa shape index (κ3) is 3.04. The summed E-state index contributed by atoms with van der Waals surface area (Å²) in [6.45, 7) is 0.874. The molecule has 0 aliphatic carbocycles. The fourth-order valence-electron chi connectivity index (χ4n) is 3.11. The van der Waals surface area contributed by atoms with Crippen LogP contribution >= 0.6 is 15.9 Å². The molecule has 3 heterocycles. The maximum absolute atomic E-state index is 11.6. The van der Waals surface area contributed by atoms with Gasteiger partial charge in [-0.2, -0.15) is 4.98 Å². The van der Waals surface area contributed by atoms with Gasteiger partial charge in [-0.3, -0.25) is 4.79 Å². The number of ether oxygens (including phenoxy) is 2. The molecule has 0 fully saturated rings. The summed E-state index contributed by atoms with van der Waals surface area (Å²) in [5.41, 5.74) is 3.51. The van der Waals surface area contributed by atoms with Gasteiger partial charge < -0.3 is 14.4 Å². The first-order valence-electron chi connectivity index (χ1n) is 8.10. The average Bonchev–Trinajstić information content (AvgIpc) is 2.69. The summed E-state index contributed by atoms with van der Waals surface area (Å²) in [4.78, 5) is 22.4. The topological polar surface area (TPSA) is 64.6 Å². The third-order valence-corrected chi connectivity index (χ3v) is 4.88. The standard InChI is InChI=1S/C19H16BrN3O3/c1-25-16-7-6-15-18-13(8-21-19(15)22-16)11-26-17(10-24)23(18)9-12-2-4-14(20)5-3-12/h2-8,10,17H,9,11H2,1H3. The number of hydrogen-bond donors (Lipinski definition) is 0. The van der Waals surface area contributed by atoms with E-state index in [1.54, 1.807) is 19.4 Å². The highest BCUT2D eigenvalue weighted by Crippen LogP contribution is 2.36. The molecule has 0 N–H and O–H groups in total. The molecule has 0 radical (unpaired) electrons. The summed E-state index contributed by atoms with van der Waals surface area (Å²) in [6, 6.07) is 11.7. The molecule has 26 heavy (non-hydrogen) atoms. The summed E-state index contributed by atoms with van der Waals surface area (Å²) in [5.74, 6) is 0.503. The zero-order valence-corrected chi connectivity index (χ0v) is 15.6. The molecule has 6 nitrogen and oxygen atoms in total. The van der Waals surface area contributed by atoms with E-state index in [9.17, 15) is 4.79 Å². The number of pyridine rings is 2. The average molecular weight is 414 g/mol. The van der Waals surface area contributed by atoms with E-state index in [1.807, 2.05) is 35.2 Å². The number of fused-ring (bicyclic) bond motifs is 3. The molecule has 1 unspecified atom stereocenters. The van der Waals surface area contributed by atoms with Crippen LogP contribution in [-0.2, 0) is 22.7 Å². The molecule has 1 aromatic carbocycles. The van der Waals surface area contributed by atoms with Gasteiger partial charge >= 0.3 is 0 Å². The Bertz CT molecular complexity index is 962. The molecule has 7 heteroatoms. The van der Waals surface area contributed by atoms with Gasteiger partial charge in [0.05, 0.1) is 19.4 Å². The summed E-state index contributed by atoms with van der Waals surface area (Å²) in [7, 11) is 1.57. The molecule has 0 saturated carbocycles. The molecule has 4 rings (SSSR count). The fraction of sp³-hybridized carbons (Fsp3) is 0.211.